The maximum absolute atomic E-state index is 2.43. The second-order valence-electron chi connectivity index (χ2n) is 19.5. The van der Waals surface area contributed by atoms with E-state index in [1.165, 1.54) is 79.1 Å². The number of fused-ring (bicyclic) bond motifs is 2. The molecule has 8 nitrogen and oxygen atoms in total. The highest BCUT2D eigenvalue weighted by molar-refractivity contribution is 5.89. The average Bonchev–Trinajstić information content (AvgIpc) is 4.14. The summed E-state index contributed by atoms with van der Waals surface area (Å²) in [6.07, 6.45) is 9.83. The molecule has 8 aromatic carbocycles. The van der Waals surface area contributed by atoms with E-state index in [1.807, 2.05) is 6.07 Å². The molecule has 0 aromatic heterocycles. The molecule has 0 amide bonds. The first kappa shape index (κ1) is 50.6. The molecule has 0 saturated heterocycles. The Morgan fingerprint density at radius 2 is 0.581 bits per heavy atom. The van der Waals surface area contributed by atoms with Crippen molar-refractivity contribution in [2.24, 2.45) is 0 Å². The van der Waals surface area contributed by atoms with Crippen molar-refractivity contribution in [2.75, 3.05) is 48.4 Å². The number of anilines is 10. The summed E-state index contributed by atoms with van der Waals surface area (Å²) in [7, 11) is 4.25. The van der Waals surface area contributed by atoms with Crippen molar-refractivity contribution in [2.45, 2.75) is 80.1 Å². The van der Waals surface area contributed by atoms with Crippen LogP contribution in [0.1, 0.15) is 49.9 Å². The van der Waals surface area contributed by atoms with Crippen LogP contribution in [0.3, 0.4) is 0 Å². The Morgan fingerprint density at radius 3 is 1.03 bits per heavy atom. The van der Waals surface area contributed by atoms with Gasteiger partial charge in [-0.1, -0.05) is 133 Å². The highest BCUT2D eigenvalue weighted by Gasteiger charge is 2.35. The monoisotopic (exact) mass is 977 g/mol. The largest absolute Gasteiger partial charge is 0.359 e. The molecule has 8 aromatic rings. The molecule has 0 bridgehead atoms. The molecule has 0 fully saturated rings. The molecule has 74 heavy (non-hydrogen) atoms. The van der Waals surface area contributed by atoms with Crippen molar-refractivity contribution in [1.29, 1.82) is 0 Å². The summed E-state index contributed by atoms with van der Waals surface area (Å²) < 4.78 is 0. The van der Waals surface area contributed by atoms with Gasteiger partial charge in [0.2, 0.25) is 0 Å². The standard InChI is InChI=1S/C21H20N2.C17H18N2.C16H18N2.C12H16N2/c1-16-10-6-7-13-19(16)23-17(2)22(18-11-4-3-5-12-18)20-14-8-9-15-21(20)23;1-14-8-6-7-11-17(14)19-13-12-18(15(19)2)16-9-4-3-5-10-16;1-12-8-4-5-9-14(12)18-13(2)17(3)15-10-6-7-11-16(15)18;1-10-6-4-5-7-12(10)14-9-8-13(3)11(14)2/h3-15,17H,1-2H3;3-13,15H,1-2H3;4-11,13H,1-3H3;4-9,11H,1-3H3. The molecule has 0 N–H and O–H groups in total. The first-order valence-corrected chi connectivity index (χ1v) is 26.0. The average molecular weight is 977 g/mol. The fourth-order valence-corrected chi connectivity index (χ4v) is 10.5. The Labute approximate surface area is 441 Å². The van der Waals surface area contributed by atoms with E-state index >= 15 is 0 Å². The SMILES string of the molecule is Cc1ccccc1N1C=CN(C)C1C.Cc1ccccc1N1C=CN(c2ccccc2)C1C.Cc1ccccc1N1c2ccccc2N(C)C1C.Cc1ccccc1N1c2ccccc2N(c2ccccc2)C1C. The van der Waals surface area contributed by atoms with E-state index in [1.54, 1.807) is 0 Å². The summed E-state index contributed by atoms with van der Waals surface area (Å²) in [4.78, 5) is 18.6. The topological polar surface area (TPSA) is 25.9 Å². The highest BCUT2D eigenvalue weighted by atomic mass is 15.4. The molecule has 4 heterocycles. The second-order valence-corrected chi connectivity index (χ2v) is 19.5. The molecule has 0 spiro atoms. The third-order valence-electron chi connectivity index (χ3n) is 14.9. The van der Waals surface area contributed by atoms with Crippen LogP contribution in [-0.2, 0) is 0 Å². The Kier molecular flexibility index (Phi) is 15.4. The quantitative estimate of drug-likeness (QED) is 0.163. The number of nitrogens with zero attached hydrogens (tertiary/aromatic N) is 8. The van der Waals surface area contributed by atoms with Gasteiger partial charge in [-0.2, -0.15) is 0 Å². The van der Waals surface area contributed by atoms with Crippen LogP contribution in [0.25, 0.3) is 0 Å². The van der Waals surface area contributed by atoms with Crippen molar-refractivity contribution < 1.29 is 0 Å². The van der Waals surface area contributed by atoms with Crippen LogP contribution in [0.4, 0.5) is 56.9 Å². The third kappa shape index (κ3) is 10.3. The summed E-state index contributed by atoms with van der Waals surface area (Å²) in [5, 5.41) is 0. The predicted molar refractivity (Wildman–Crippen MR) is 317 cm³/mol. The Morgan fingerprint density at radius 1 is 0.257 bits per heavy atom. The molecule has 12 rings (SSSR count). The Bertz CT molecular complexity index is 3190. The molecule has 8 heteroatoms. The van der Waals surface area contributed by atoms with Gasteiger partial charge in [0.1, 0.15) is 24.7 Å². The molecule has 4 aliphatic rings. The fraction of sp³-hybridized carbons (Fsp3) is 0.212. The van der Waals surface area contributed by atoms with Crippen molar-refractivity contribution in [3.63, 3.8) is 0 Å². The van der Waals surface area contributed by atoms with Crippen LogP contribution >= 0.6 is 0 Å². The summed E-state index contributed by atoms with van der Waals surface area (Å²) in [6, 6.07) is 72.5. The van der Waals surface area contributed by atoms with Gasteiger partial charge in [-0.25, -0.2) is 0 Å². The fourth-order valence-electron chi connectivity index (χ4n) is 10.5. The summed E-state index contributed by atoms with van der Waals surface area (Å²) in [5.74, 6) is 0. The van der Waals surface area contributed by atoms with Crippen LogP contribution in [0.15, 0.2) is 231 Å². The van der Waals surface area contributed by atoms with Gasteiger partial charge in [0, 0.05) is 73.0 Å². The number of para-hydroxylation sites is 10. The number of rotatable bonds is 6. The van der Waals surface area contributed by atoms with Gasteiger partial charge < -0.3 is 39.2 Å². The van der Waals surface area contributed by atoms with Gasteiger partial charge in [-0.3, -0.25) is 0 Å². The van der Waals surface area contributed by atoms with E-state index in [9.17, 15) is 0 Å². The van der Waals surface area contributed by atoms with E-state index in [-0.39, 0.29) is 6.17 Å². The van der Waals surface area contributed by atoms with E-state index < -0.39 is 0 Å². The van der Waals surface area contributed by atoms with Crippen LogP contribution in [0.5, 0.6) is 0 Å². The van der Waals surface area contributed by atoms with Crippen molar-refractivity contribution in [3.05, 3.63) is 253 Å². The molecule has 4 aliphatic heterocycles. The highest BCUT2D eigenvalue weighted by Crippen LogP contribution is 2.48. The van der Waals surface area contributed by atoms with Crippen LogP contribution in [0.2, 0.25) is 0 Å². The molecule has 376 valence electrons. The molecule has 0 radical (unpaired) electrons. The van der Waals surface area contributed by atoms with Crippen LogP contribution in [0, 0.1) is 27.7 Å². The maximum Gasteiger partial charge on any atom is 0.108 e. The van der Waals surface area contributed by atoms with E-state index in [4.69, 9.17) is 0 Å². The summed E-state index contributed by atoms with van der Waals surface area (Å²) in [5.41, 5.74) is 17.9. The lowest BCUT2D eigenvalue weighted by Crippen LogP contribution is -2.36. The van der Waals surface area contributed by atoms with Gasteiger partial charge in [0.05, 0.1) is 22.7 Å². The van der Waals surface area contributed by atoms with Crippen molar-refractivity contribution >= 4 is 56.9 Å². The number of hydrogen-bond donors (Lipinski definition) is 0. The van der Waals surface area contributed by atoms with Gasteiger partial charge in [0.15, 0.2) is 0 Å². The number of benzene rings is 8. The van der Waals surface area contributed by atoms with E-state index in [0.29, 0.717) is 18.5 Å². The van der Waals surface area contributed by atoms with Crippen LogP contribution < -0.4 is 34.3 Å². The molecule has 0 aliphatic carbocycles. The Hall–Kier alpha value is -8.36. The summed E-state index contributed by atoms with van der Waals surface area (Å²) in [6.45, 7) is 17.6. The minimum Gasteiger partial charge on any atom is -0.359 e. The van der Waals surface area contributed by atoms with Crippen molar-refractivity contribution in [1.82, 2.24) is 4.90 Å². The van der Waals surface area contributed by atoms with Gasteiger partial charge in [-0.15, -0.1) is 0 Å². The van der Waals surface area contributed by atoms with Crippen LogP contribution in [-0.4, -0.2) is 43.7 Å². The van der Waals surface area contributed by atoms with Crippen molar-refractivity contribution in [3.8, 4) is 0 Å². The molecular formula is C66H72N8. The van der Waals surface area contributed by atoms with E-state index in [2.05, 4.69) is 334 Å². The zero-order valence-electron chi connectivity index (χ0n) is 44.8. The first-order chi connectivity index (χ1) is 35.9. The minimum atomic E-state index is 0.232. The number of aryl methyl sites for hydroxylation is 4. The molecule has 4 atom stereocenters. The normalized spacial score (nSPS) is 18.1. The summed E-state index contributed by atoms with van der Waals surface area (Å²) >= 11 is 0. The predicted octanol–water partition coefficient (Wildman–Crippen LogP) is 16.3. The van der Waals surface area contributed by atoms with Gasteiger partial charge in [-0.05, 0) is 150 Å². The second kappa shape index (κ2) is 22.6. The lowest BCUT2D eigenvalue weighted by molar-refractivity contribution is 0.383. The maximum atomic E-state index is 2.43. The lowest BCUT2D eigenvalue weighted by Gasteiger charge is -2.31. The lowest BCUT2D eigenvalue weighted by atomic mass is 10.1. The Balaban J connectivity index is 0.000000123. The molecular weight excluding hydrogens is 905 g/mol. The zero-order valence-corrected chi connectivity index (χ0v) is 44.8. The van der Waals surface area contributed by atoms with E-state index in [0.717, 1.165) is 0 Å². The minimum absolute atomic E-state index is 0.232. The first-order valence-electron chi connectivity index (χ1n) is 26.0. The molecule has 4 unspecified atom stereocenters. The molecule has 0 saturated carbocycles. The smallest absolute Gasteiger partial charge is 0.108 e. The third-order valence-corrected chi connectivity index (χ3v) is 14.9. The number of hydrogen-bond acceptors (Lipinski definition) is 8. The zero-order chi connectivity index (χ0) is 51.9. The van der Waals surface area contributed by atoms with Gasteiger partial charge in [0.25, 0.3) is 0 Å². The van der Waals surface area contributed by atoms with Gasteiger partial charge >= 0.3 is 0 Å².